The van der Waals surface area contributed by atoms with Crippen molar-refractivity contribution in [2.45, 2.75) is 57.5 Å². The Morgan fingerprint density at radius 3 is 2.58 bits per heavy atom. The number of anilines is 1. The maximum absolute atomic E-state index is 13.5. The number of thioether (sulfide) groups is 1. The lowest BCUT2D eigenvalue weighted by Crippen LogP contribution is -2.36. The monoisotopic (exact) mass is 504 g/mol. The summed E-state index contributed by atoms with van der Waals surface area (Å²) in [5, 5.41) is 9.01. The standard InChI is InChI=1S/C28H32N4O3S/c1-16-7-8-19(17(2)11-16)15-36-27-30-26-29-20-13-28(3,4)14-21(33)24(20)25(32(26)31-27)18-9-10-22(34-5)23(12-18)35-6/h7-12,25H,13-15H2,1-6H3,(H,29,30,31)/t25-/m0/s1. The number of nitrogens with zero attached hydrogens (tertiary/aromatic N) is 3. The van der Waals surface area contributed by atoms with Crippen molar-refractivity contribution in [1.82, 2.24) is 14.8 Å². The number of hydrogen-bond acceptors (Lipinski definition) is 7. The van der Waals surface area contributed by atoms with E-state index in [4.69, 9.17) is 19.6 Å². The Balaban J connectivity index is 1.55. The predicted octanol–water partition coefficient (Wildman–Crippen LogP) is 5.86. The second-order valence-corrected chi connectivity index (χ2v) is 11.3. The van der Waals surface area contributed by atoms with Crippen LogP contribution in [0.25, 0.3) is 0 Å². The van der Waals surface area contributed by atoms with Gasteiger partial charge in [-0.15, -0.1) is 5.10 Å². The third-order valence-corrected chi connectivity index (χ3v) is 7.78. The number of carbonyl (C=O) groups is 1. The first-order valence-electron chi connectivity index (χ1n) is 12.1. The van der Waals surface area contributed by atoms with E-state index in [0.717, 1.165) is 29.0 Å². The molecule has 8 heteroatoms. The Bertz CT molecular complexity index is 1380. The zero-order valence-electron chi connectivity index (χ0n) is 21.6. The average molecular weight is 505 g/mol. The smallest absolute Gasteiger partial charge is 0.227 e. The van der Waals surface area contributed by atoms with Crippen LogP contribution in [0.1, 0.15) is 55.0 Å². The second kappa shape index (κ2) is 9.32. The van der Waals surface area contributed by atoms with Gasteiger partial charge in [-0.25, -0.2) is 4.68 Å². The fraction of sp³-hybridized carbons (Fsp3) is 0.393. The van der Waals surface area contributed by atoms with E-state index in [1.807, 2.05) is 22.9 Å². The van der Waals surface area contributed by atoms with E-state index in [1.165, 1.54) is 16.7 Å². The zero-order valence-corrected chi connectivity index (χ0v) is 22.5. The number of rotatable bonds is 6. The molecule has 0 saturated carbocycles. The number of nitrogens with one attached hydrogen (secondary N) is 1. The third-order valence-electron chi connectivity index (χ3n) is 6.89. The van der Waals surface area contributed by atoms with Crippen molar-refractivity contribution in [3.05, 3.63) is 69.9 Å². The number of Topliss-reactive ketones (excluding diaryl/α,β-unsaturated/α-hetero) is 1. The predicted molar refractivity (Wildman–Crippen MR) is 142 cm³/mol. The van der Waals surface area contributed by atoms with E-state index in [-0.39, 0.29) is 17.2 Å². The lowest BCUT2D eigenvalue weighted by Gasteiger charge is -2.38. The van der Waals surface area contributed by atoms with Crippen LogP contribution in [0.2, 0.25) is 0 Å². The quantitative estimate of drug-likeness (QED) is 0.421. The molecule has 0 radical (unpaired) electrons. The van der Waals surface area contributed by atoms with Gasteiger partial charge in [-0.1, -0.05) is 55.4 Å². The van der Waals surface area contributed by atoms with Crippen LogP contribution >= 0.6 is 11.8 Å². The summed E-state index contributed by atoms with van der Waals surface area (Å²) in [5.74, 6) is 2.83. The van der Waals surface area contributed by atoms with Gasteiger partial charge in [-0.05, 0) is 54.5 Å². The van der Waals surface area contributed by atoms with Gasteiger partial charge in [0.05, 0.1) is 14.2 Å². The highest BCUT2D eigenvalue weighted by Crippen LogP contribution is 2.46. The van der Waals surface area contributed by atoms with Gasteiger partial charge < -0.3 is 14.8 Å². The van der Waals surface area contributed by atoms with Crippen molar-refractivity contribution < 1.29 is 14.3 Å². The summed E-state index contributed by atoms with van der Waals surface area (Å²) in [4.78, 5) is 18.3. The maximum atomic E-state index is 13.5. The first-order valence-corrected chi connectivity index (χ1v) is 13.1. The molecule has 7 nitrogen and oxygen atoms in total. The van der Waals surface area contributed by atoms with Gasteiger partial charge in [0.2, 0.25) is 11.1 Å². The molecule has 1 aliphatic heterocycles. The number of benzene rings is 2. The molecule has 1 aliphatic carbocycles. The number of methoxy groups -OCH3 is 2. The summed E-state index contributed by atoms with van der Waals surface area (Å²) >= 11 is 1.60. The van der Waals surface area contributed by atoms with Crippen molar-refractivity contribution in [3.63, 3.8) is 0 Å². The van der Waals surface area contributed by atoms with Crippen LogP contribution in [0.3, 0.4) is 0 Å². The van der Waals surface area contributed by atoms with E-state index in [9.17, 15) is 4.79 Å². The van der Waals surface area contributed by atoms with E-state index < -0.39 is 0 Å². The van der Waals surface area contributed by atoms with Crippen molar-refractivity contribution >= 4 is 23.5 Å². The highest BCUT2D eigenvalue weighted by molar-refractivity contribution is 7.98. The van der Waals surface area contributed by atoms with Gasteiger partial charge in [-0.2, -0.15) is 4.98 Å². The number of fused-ring (bicyclic) bond motifs is 1. The molecular weight excluding hydrogens is 472 g/mol. The molecule has 0 amide bonds. The molecule has 0 saturated heterocycles. The lowest BCUT2D eigenvalue weighted by molar-refractivity contribution is -0.118. The normalized spacial score (nSPS) is 18.4. The fourth-order valence-electron chi connectivity index (χ4n) is 5.13. The molecule has 1 N–H and O–H groups in total. The molecule has 2 heterocycles. The highest BCUT2D eigenvalue weighted by atomic mass is 32.2. The molecule has 0 unspecified atom stereocenters. The van der Waals surface area contributed by atoms with Crippen LogP contribution in [0.4, 0.5) is 5.95 Å². The Morgan fingerprint density at radius 2 is 1.86 bits per heavy atom. The van der Waals surface area contributed by atoms with E-state index in [2.05, 4.69) is 51.2 Å². The first-order chi connectivity index (χ1) is 17.2. The topological polar surface area (TPSA) is 78.3 Å². The summed E-state index contributed by atoms with van der Waals surface area (Å²) in [7, 11) is 3.23. The van der Waals surface area contributed by atoms with Crippen molar-refractivity contribution in [1.29, 1.82) is 0 Å². The Hall–Kier alpha value is -3.26. The van der Waals surface area contributed by atoms with Crippen LogP contribution < -0.4 is 14.8 Å². The SMILES string of the molecule is COc1ccc([C@H]2C3=C(CC(C)(C)CC3=O)Nc3nc(SCc4ccc(C)cc4C)nn32)cc1OC. The minimum absolute atomic E-state index is 0.117. The van der Waals surface area contributed by atoms with Crippen LogP contribution in [0.15, 0.2) is 52.8 Å². The minimum atomic E-state index is -0.386. The number of allylic oxidation sites excluding steroid dienone is 2. The van der Waals surface area contributed by atoms with Gasteiger partial charge in [0.15, 0.2) is 17.3 Å². The minimum Gasteiger partial charge on any atom is -0.493 e. The van der Waals surface area contributed by atoms with Crippen molar-refractivity contribution in [2.75, 3.05) is 19.5 Å². The summed E-state index contributed by atoms with van der Waals surface area (Å²) in [6.45, 7) is 8.50. The molecule has 0 fully saturated rings. The van der Waals surface area contributed by atoms with E-state index >= 15 is 0 Å². The van der Waals surface area contributed by atoms with Gasteiger partial charge >= 0.3 is 0 Å². The number of aryl methyl sites for hydroxylation is 2. The average Bonchev–Trinajstić information content (AvgIpc) is 3.23. The highest BCUT2D eigenvalue weighted by Gasteiger charge is 2.42. The van der Waals surface area contributed by atoms with Crippen LogP contribution in [-0.4, -0.2) is 34.8 Å². The largest absolute Gasteiger partial charge is 0.493 e. The molecule has 0 spiro atoms. The van der Waals surface area contributed by atoms with Gasteiger partial charge in [0.25, 0.3) is 0 Å². The molecule has 5 rings (SSSR count). The molecule has 3 aromatic rings. The van der Waals surface area contributed by atoms with Crippen LogP contribution in [0.5, 0.6) is 11.5 Å². The molecule has 2 aliphatic rings. The van der Waals surface area contributed by atoms with Crippen LogP contribution in [0, 0.1) is 19.3 Å². The lowest BCUT2D eigenvalue weighted by atomic mass is 9.73. The number of ether oxygens (including phenoxy) is 2. The van der Waals surface area contributed by atoms with E-state index in [0.29, 0.717) is 29.0 Å². The first kappa shape index (κ1) is 24.4. The maximum Gasteiger partial charge on any atom is 0.227 e. The zero-order chi connectivity index (χ0) is 25.6. The van der Waals surface area contributed by atoms with Crippen molar-refractivity contribution in [2.24, 2.45) is 5.41 Å². The Morgan fingerprint density at radius 1 is 1.08 bits per heavy atom. The summed E-state index contributed by atoms with van der Waals surface area (Å²) in [5.41, 5.74) is 6.25. The number of aromatic nitrogens is 3. The molecule has 36 heavy (non-hydrogen) atoms. The Labute approximate surface area is 216 Å². The summed E-state index contributed by atoms with van der Waals surface area (Å²) < 4.78 is 12.9. The number of hydrogen-bond donors (Lipinski definition) is 1. The summed E-state index contributed by atoms with van der Waals surface area (Å²) in [6, 6.07) is 11.9. The molecule has 188 valence electrons. The van der Waals surface area contributed by atoms with E-state index in [1.54, 1.807) is 26.0 Å². The fourth-order valence-corrected chi connectivity index (χ4v) is 6.04. The number of ketones is 1. The summed E-state index contributed by atoms with van der Waals surface area (Å²) in [6.07, 6.45) is 1.27. The molecular formula is C28H32N4O3S. The van der Waals surface area contributed by atoms with Gasteiger partial charge in [-0.3, -0.25) is 4.79 Å². The van der Waals surface area contributed by atoms with Crippen LogP contribution in [-0.2, 0) is 10.5 Å². The third kappa shape index (κ3) is 4.50. The molecule has 0 bridgehead atoms. The molecule has 2 aromatic carbocycles. The Kier molecular flexibility index (Phi) is 6.32. The van der Waals surface area contributed by atoms with Gasteiger partial charge in [0.1, 0.15) is 6.04 Å². The molecule has 1 aromatic heterocycles. The van der Waals surface area contributed by atoms with Crippen molar-refractivity contribution in [3.8, 4) is 11.5 Å². The van der Waals surface area contributed by atoms with Gasteiger partial charge in [0, 0.05) is 23.4 Å². The molecule has 1 atom stereocenters. The second-order valence-electron chi connectivity index (χ2n) is 10.4. The number of carbonyl (C=O) groups excluding carboxylic acids is 1.